The van der Waals surface area contributed by atoms with Gasteiger partial charge < -0.3 is 0 Å². The van der Waals surface area contributed by atoms with Gasteiger partial charge in [-0.2, -0.15) is 9.78 Å². The van der Waals surface area contributed by atoms with E-state index in [-0.39, 0.29) is 17.0 Å². The highest BCUT2D eigenvalue weighted by Crippen LogP contribution is 2.26. The molecule has 0 aliphatic heterocycles. The Kier molecular flexibility index (Phi) is 4.99. The number of amides is 2. The summed E-state index contributed by atoms with van der Waals surface area (Å²) in [6, 6.07) is 5.12. The summed E-state index contributed by atoms with van der Waals surface area (Å²) in [5.74, 6) is 0.764. The van der Waals surface area contributed by atoms with Crippen molar-refractivity contribution in [2.24, 2.45) is 0 Å². The van der Waals surface area contributed by atoms with Gasteiger partial charge in [-0.05, 0) is 43.2 Å². The summed E-state index contributed by atoms with van der Waals surface area (Å²) in [5.41, 5.74) is 1.99. The standard InChI is InChI=1S/C20H24N6O2S/c1-20(2,3)14-11-15(22-19(28)23-16-9-6-10-29-16)26(25-14)18-21-13-8-5-4-7-12(13)17(27)24-18/h6,9-11H,4-5,7-8H2,1-3H3,(H,21,24,27)(H2,22,23,28). The Bertz CT molecular complexity index is 1090. The van der Waals surface area contributed by atoms with E-state index in [0.717, 1.165) is 47.6 Å². The number of aromatic amines is 1. The lowest BCUT2D eigenvalue weighted by Gasteiger charge is -2.16. The van der Waals surface area contributed by atoms with E-state index in [1.54, 1.807) is 0 Å². The number of hydrogen-bond donors (Lipinski definition) is 3. The van der Waals surface area contributed by atoms with Gasteiger partial charge in [0.05, 0.1) is 16.4 Å². The lowest BCUT2D eigenvalue weighted by Crippen LogP contribution is -2.25. The van der Waals surface area contributed by atoms with Crippen molar-refractivity contribution in [3.05, 3.63) is 50.9 Å². The Morgan fingerprint density at radius 2 is 2.03 bits per heavy atom. The zero-order chi connectivity index (χ0) is 20.6. The second-order valence-electron chi connectivity index (χ2n) is 8.15. The molecule has 2 amide bonds. The van der Waals surface area contributed by atoms with Gasteiger partial charge in [-0.1, -0.05) is 20.8 Å². The fourth-order valence-electron chi connectivity index (χ4n) is 3.30. The van der Waals surface area contributed by atoms with Crippen molar-refractivity contribution in [1.82, 2.24) is 19.7 Å². The van der Waals surface area contributed by atoms with Gasteiger partial charge in [0, 0.05) is 17.0 Å². The molecule has 0 aromatic carbocycles. The molecule has 0 radical (unpaired) electrons. The van der Waals surface area contributed by atoms with Crippen LogP contribution in [0.3, 0.4) is 0 Å². The van der Waals surface area contributed by atoms with Crippen molar-refractivity contribution >= 4 is 28.2 Å². The normalized spacial score (nSPS) is 13.8. The molecule has 0 atom stereocenters. The molecule has 3 aromatic heterocycles. The van der Waals surface area contributed by atoms with Crippen LogP contribution in [0.1, 0.15) is 50.6 Å². The van der Waals surface area contributed by atoms with E-state index in [1.807, 2.05) is 44.4 Å². The van der Waals surface area contributed by atoms with Crippen LogP contribution in [0.5, 0.6) is 0 Å². The first-order chi connectivity index (χ1) is 13.8. The second kappa shape index (κ2) is 7.47. The number of carbonyl (C=O) groups is 1. The molecule has 152 valence electrons. The summed E-state index contributed by atoms with van der Waals surface area (Å²) >= 11 is 1.44. The minimum atomic E-state index is -0.380. The maximum atomic E-state index is 12.6. The molecule has 0 spiro atoms. The number of anilines is 2. The largest absolute Gasteiger partial charge is 0.325 e. The van der Waals surface area contributed by atoms with Gasteiger partial charge in [-0.15, -0.1) is 11.3 Å². The molecule has 0 saturated heterocycles. The molecule has 4 rings (SSSR count). The minimum Gasteiger partial charge on any atom is -0.299 e. The van der Waals surface area contributed by atoms with E-state index in [0.29, 0.717) is 11.8 Å². The fourth-order valence-corrected chi connectivity index (χ4v) is 3.91. The Balaban J connectivity index is 1.72. The van der Waals surface area contributed by atoms with Crippen LogP contribution < -0.4 is 16.2 Å². The van der Waals surface area contributed by atoms with Gasteiger partial charge in [0.2, 0.25) is 5.95 Å². The van der Waals surface area contributed by atoms with E-state index in [1.165, 1.54) is 16.0 Å². The van der Waals surface area contributed by atoms with Gasteiger partial charge in [-0.25, -0.2) is 9.78 Å². The molecule has 3 N–H and O–H groups in total. The highest BCUT2D eigenvalue weighted by Gasteiger charge is 2.24. The highest BCUT2D eigenvalue weighted by molar-refractivity contribution is 7.14. The number of nitrogens with one attached hydrogen (secondary N) is 3. The van der Waals surface area contributed by atoms with Crippen molar-refractivity contribution in [3.63, 3.8) is 0 Å². The SMILES string of the molecule is CC(C)(C)c1cc(NC(=O)Nc2cccs2)n(-c2nc3c(c(=O)[nH]2)CCCC3)n1. The number of carbonyl (C=O) groups excluding carboxylic acids is 1. The quantitative estimate of drug-likeness (QED) is 0.608. The lowest BCUT2D eigenvalue weighted by atomic mass is 9.92. The Morgan fingerprint density at radius 1 is 1.24 bits per heavy atom. The van der Waals surface area contributed by atoms with Crippen molar-refractivity contribution in [2.45, 2.75) is 51.9 Å². The van der Waals surface area contributed by atoms with Crippen molar-refractivity contribution < 1.29 is 4.79 Å². The van der Waals surface area contributed by atoms with E-state index in [4.69, 9.17) is 0 Å². The predicted octanol–water partition coefficient (Wildman–Crippen LogP) is 3.84. The summed E-state index contributed by atoms with van der Waals surface area (Å²) in [4.78, 5) is 32.5. The Hall–Kier alpha value is -2.94. The second-order valence-corrected chi connectivity index (χ2v) is 9.10. The summed E-state index contributed by atoms with van der Waals surface area (Å²) < 4.78 is 1.50. The average Bonchev–Trinajstić information content (AvgIpc) is 3.31. The molecule has 8 nitrogen and oxygen atoms in total. The maximum Gasteiger partial charge on any atom is 0.325 e. The molecule has 0 fully saturated rings. The molecule has 9 heteroatoms. The third-order valence-corrected chi connectivity index (χ3v) is 5.64. The van der Waals surface area contributed by atoms with Gasteiger partial charge >= 0.3 is 6.03 Å². The third-order valence-electron chi connectivity index (χ3n) is 4.86. The number of rotatable bonds is 3. The summed E-state index contributed by atoms with van der Waals surface area (Å²) in [5, 5.41) is 12.9. The average molecular weight is 413 g/mol. The topological polar surface area (TPSA) is 105 Å². The van der Waals surface area contributed by atoms with Crippen molar-refractivity contribution in [1.29, 1.82) is 0 Å². The van der Waals surface area contributed by atoms with Crippen LogP contribution in [-0.2, 0) is 18.3 Å². The van der Waals surface area contributed by atoms with Crippen LogP contribution in [0, 0.1) is 0 Å². The van der Waals surface area contributed by atoms with E-state index in [2.05, 4.69) is 25.7 Å². The van der Waals surface area contributed by atoms with Gasteiger partial charge in [-0.3, -0.25) is 20.4 Å². The third kappa shape index (κ3) is 4.09. The number of fused-ring (bicyclic) bond motifs is 1. The molecule has 29 heavy (non-hydrogen) atoms. The Morgan fingerprint density at radius 3 is 2.76 bits per heavy atom. The molecule has 0 bridgehead atoms. The van der Waals surface area contributed by atoms with Crippen LogP contribution in [0.4, 0.5) is 15.6 Å². The van der Waals surface area contributed by atoms with Gasteiger partial charge in [0.15, 0.2) is 0 Å². The number of aryl methyl sites for hydroxylation is 1. The van der Waals surface area contributed by atoms with Gasteiger partial charge in [0.1, 0.15) is 5.82 Å². The van der Waals surface area contributed by atoms with E-state index >= 15 is 0 Å². The first kappa shape index (κ1) is 19.4. The predicted molar refractivity (Wildman–Crippen MR) is 114 cm³/mol. The number of urea groups is 1. The van der Waals surface area contributed by atoms with E-state index in [9.17, 15) is 9.59 Å². The van der Waals surface area contributed by atoms with Crippen LogP contribution >= 0.6 is 11.3 Å². The molecule has 0 saturated carbocycles. The fraction of sp³-hybridized carbons (Fsp3) is 0.400. The van der Waals surface area contributed by atoms with Gasteiger partial charge in [0.25, 0.3) is 5.56 Å². The minimum absolute atomic E-state index is 0.133. The monoisotopic (exact) mass is 412 g/mol. The molecular formula is C20H24N6O2S. The number of hydrogen-bond acceptors (Lipinski definition) is 5. The zero-order valence-electron chi connectivity index (χ0n) is 16.7. The smallest absolute Gasteiger partial charge is 0.299 e. The van der Waals surface area contributed by atoms with Crippen molar-refractivity contribution in [3.8, 4) is 5.95 Å². The van der Waals surface area contributed by atoms with E-state index < -0.39 is 0 Å². The Labute approximate surface area is 172 Å². The lowest BCUT2D eigenvalue weighted by molar-refractivity contribution is 0.262. The summed E-state index contributed by atoms with van der Waals surface area (Å²) in [7, 11) is 0. The van der Waals surface area contributed by atoms with Crippen LogP contribution in [0.2, 0.25) is 0 Å². The zero-order valence-corrected chi connectivity index (χ0v) is 17.5. The molecule has 1 aliphatic carbocycles. The molecule has 3 aromatic rings. The number of thiophene rings is 1. The number of nitrogens with zero attached hydrogens (tertiary/aromatic N) is 3. The van der Waals surface area contributed by atoms with Crippen LogP contribution in [0.25, 0.3) is 5.95 Å². The number of H-pyrrole nitrogens is 1. The first-order valence-electron chi connectivity index (χ1n) is 9.66. The summed E-state index contributed by atoms with van der Waals surface area (Å²) in [6.45, 7) is 6.12. The maximum absolute atomic E-state index is 12.6. The summed E-state index contributed by atoms with van der Waals surface area (Å²) in [6.07, 6.45) is 3.55. The van der Waals surface area contributed by atoms with Crippen molar-refractivity contribution in [2.75, 3.05) is 10.6 Å². The van der Waals surface area contributed by atoms with Crippen LogP contribution in [0.15, 0.2) is 28.4 Å². The number of aromatic nitrogens is 4. The molecular weight excluding hydrogens is 388 g/mol. The van der Waals surface area contributed by atoms with Crippen LogP contribution in [-0.4, -0.2) is 25.8 Å². The molecule has 0 unspecified atom stereocenters. The highest BCUT2D eigenvalue weighted by atomic mass is 32.1. The first-order valence-corrected chi connectivity index (χ1v) is 10.5. The molecule has 3 heterocycles. The molecule has 1 aliphatic rings.